The molecule has 20 heavy (non-hydrogen) atoms. The van der Waals surface area contributed by atoms with Gasteiger partial charge in [-0.2, -0.15) is 0 Å². The molecule has 0 saturated carbocycles. The van der Waals surface area contributed by atoms with Crippen molar-refractivity contribution in [2.75, 3.05) is 5.73 Å². The first-order chi connectivity index (χ1) is 9.70. The molecule has 2 heterocycles. The van der Waals surface area contributed by atoms with Crippen molar-refractivity contribution < 1.29 is 0 Å². The number of rotatable bonds is 2. The Labute approximate surface area is 130 Å². The molecule has 0 saturated heterocycles. The first-order valence-corrected chi connectivity index (χ1v) is 7.44. The van der Waals surface area contributed by atoms with Crippen LogP contribution >= 0.6 is 22.6 Å². The topological polar surface area (TPSA) is 64.7 Å². The second-order valence-electron chi connectivity index (χ2n) is 4.42. The second kappa shape index (κ2) is 5.32. The number of benzene rings is 1. The molecule has 0 aliphatic rings. The molecule has 0 unspecified atom stereocenters. The van der Waals surface area contributed by atoms with E-state index in [1.54, 1.807) is 6.20 Å². The number of aromatic nitrogens is 3. The fourth-order valence-electron chi connectivity index (χ4n) is 2.16. The van der Waals surface area contributed by atoms with Crippen molar-refractivity contribution in [3.63, 3.8) is 0 Å². The molecule has 4 nitrogen and oxygen atoms in total. The molecule has 0 fully saturated rings. The van der Waals surface area contributed by atoms with E-state index in [0.29, 0.717) is 11.6 Å². The van der Waals surface area contributed by atoms with Gasteiger partial charge >= 0.3 is 0 Å². The Morgan fingerprint density at radius 3 is 2.75 bits per heavy atom. The van der Waals surface area contributed by atoms with Crippen molar-refractivity contribution >= 4 is 39.3 Å². The Bertz CT molecular complexity index is 781. The lowest BCUT2D eigenvalue weighted by Crippen LogP contribution is -2.04. The molecule has 1 aromatic carbocycles. The van der Waals surface area contributed by atoms with Crippen molar-refractivity contribution in [2.24, 2.45) is 0 Å². The van der Waals surface area contributed by atoms with Crippen molar-refractivity contribution in [1.82, 2.24) is 15.0 Å². The van der Waals surface area contributed by atoms with Gasteiger partial charge in [0.25, 0.3) is 0 Å². The Morgan fingerprint density at radius 2 is 1.95 bits per heavy atom. The molecule has 5 heteroatoms. The predicted octanol–water partition coefficient (Wildman–Crippen LogP) is 3.44. The van der Waals surface area contributed by atoms with Gasteiger partial charge in [0.05, 0.1) is 14.8 Å². The van der Waals surface area contributed by atoms with Gasteiger partial charge in [0.1, 0.15) is 5.82 Å². The molecular weight excluding hydrogens is 363 g/mol. The molecule has 0 radical (unpaired) electrons. The molecule has 3 rings (SSSR count). The average Bonchev–Trinajstić information content (AvgIpc) is 2.49. The van der Waals surface area contributed by atoms with E-state index in [1.807, 2.05) is 30.3 Å². The maximum atomic E-state index is 6.00. The highest BCUT2D eigenvalue weighted by Gasteiger charge is 2.12. The third-order valence-corrected chi connectivity index (χ3v) is 4.35. The normalized spacial score (nSPS) is 10.9. The van der Waals surface area contributed by atoms with E-state index >= 15 is 0 Å². The van der Waals surface area contributed by atoms with Crippen LogP contribution in [-0.4, -0.2) is 15.0 Å². The molecule has 2 aromatic heterocycles. The minimum atomic E-state index is 0.536. The number of fused-ring (bicyclic) bond motifs is 1. The zero-order chi connectivity index (χ0) is 14.1. The van der Waals surface area contributed by atoms with Crippen LogP contribution in [0.5, 0.6) is 0 Å². The largest absolute Gasteiger partial charge is 0.383 e. The van der Waals surface area contributed by atoms with Gasteiger partial charge in [0, 0.05) is 17.1 Å². The summed E-state index contributed by atoms with van der Waals surface area (Å²) in [5.41, 5.74) is 8.88. The molecule has 100 valence electrons. The van der Waals surface area contributed by atoms with Crippen LogP contribution in [0.15, 0.2) is 36.5 Å². The summed E-state index contributed by atoms with van der Waals surface area (Å²) in [5, 5.41) is 1.04. The highest BCUT2D eigenvalue weighted by atomic mass is 127. The van der Waals surface area contributed by atoms with Crippen LogP contribution < -0.4 is 5.73 Å². The van der Waals surface area contributed by atoms with Crippen LogP contribution in [0.1, 0.15) is 12.6 Å². The summed E-state index contributed by atoms with van der Waals surface area (Å²) < 4.78 is 0.937. The lowest BCUT2D eigenvalue weighted by Gasteiger charge is -2.09. The highest BCUT2D eigenvalue weighted by Crippen LogP contribution is 2.27. The summed E-state index contributed by atoms with van der Waals surface area (Å²) in [4.78, 5) is 13.4. The number of pyridine rings is 1. The van der Waals surface area contributed by atoms with Crippen LogP contribution in [-0.2, 0) is 6.42 Å². The van der Waals surface area contributed by atoms with Gasteiger partial charge < -0.3 is 5.73 Å². The third-order valence-electron chi connectivity index (χ3n) is 3.17. The minimum absolute atomic E-state index is 0.536. The zero-order valence-electron chi connectivity index (χ0n) is 11.0. The fourth-order valence-corrected chi connectivity index (χ4v) is 2.78. The van der Waals surface area contributed by atoms with Crippen molar-refractivity contribution in [1.29, 1.82) is 0 Å². The Kier molecular flexibility index (Phi) is 3.52. The summed E-state index contributed by atoms with van der Waals surface area (Å²) in [7, 11) is 0. The molecule has 0 bridgehead atoms. The van der Waals surface area contributed by atoms with Crippen LogP contribution in [0.3, 0.4) is 0 Å². The van der Waals surface area contributed by atoms with E-state index in [9.17, 15) is 0 Å². The Hall–Kier alpha value is -1.76. The average molecular weight is 376 g/mol. The summed E-state index contributed by atoms with van der Waals surface area (Å²) in [6.07, 6.45) is 2.61. The van der Waals surface area contributed by atoms with E-state index in [4.69, 9.17) is 5.73 Å². The summed E-state index contributed by atoms with van der Waals surface area (Å²) in [5.74, 6) is 1.20. The van der Waals surface area contributed by atoms with Crippen LogP contribution in [0.25, 0.3) is 22.3 Å². The number of hydrogen-bond donors (Lipinski definition) is 1. The van der Waals surface area contributed by atoms with Crippen LogP contribution in [0.2, 0.25) is 0 Å². The minimum Gasteiger partial charge on any atom is -0.383 e. The van der Waals surface area contributed by atoms with Crippen molar-refractivity contribution in [3.8, 4) is 11.4 Å². The van der Waals surface area contributed by atoms with Crippen molar-refractivity contribution in [2.45, 2.75) is 13.3 Å². The molecule has 2 N–H and O–H groups in total. The van der Waals surface area contributed by atoms with Gasteiger partial charge in [0.2, 0.25) is 0 Å². The number of hydrogen-bond acceptors (Lipinski definition) is 4. The van der Waals surface area contributed by atoms with Gasteiger partial charge in [-0.05, 0) is 41.1 Å². The zero-order valence-corrected chi connectivity index (χ0v) is 13.1. The number of nitrogens with two attached hydrogens (primary N) is 1. The first-order valence-electron chi connectivity index (χ1n) is 6.36. The van der Waals surface area contributed by atoms with Crippen LogP contribution in [0, 0.1) is 3.57 Å². The molecule has 3 aromatic rings. The second-order valence-corrected chi connectivity index (χ2v) is 5.50. The Balaban J connectivity index is 2.28. The van der Waals surface area contributed by atoms with Gasteiger partial charge in [0.15, 0.2) is 5.82 Å². The maximum Gasteiger partial charge on any atom is 0.162 e. The highest BCUT2D eigenvalue weighted by molar-refractivity contribution is 14.1. The number of nitrogens with zero attached hydrogens (tertiary/aromatic N) is 3. The van der Waals surface area contributed by atoms with E-state index in [-0.39, 0.29) is 0 Å². The number of anilines is 1. The van der Waals surface area contributed by atoms with Gasteiger partial charge in [-0.15, -0.1) is 0 Å². The molecule has 0 amide bonds. The van der Waals surface area contributed by atoms with E-state index in [2.05, 4.69) is 44.5 Å². The van der Waals surface area contributed by atoms with Crippen LogP contribution in [0.4, 0.5) is 5.82 Å². The number of para-hydroxylation sites is 1. The Morgan fingerprint density at radius 1 is 1.15 bits per heavy atom. The molecule has 0 aliphatic heterocycles. The summed E-state index contributed by atoms with van der Waals surface area (Å²) in [6, 6.07) is 9.91. The molecular formula is C15H13IN4. The lowest BCUT2D eigenvalue weighted by atomic mass is 10.1. The van der Waals surface area contributed by atoms with Gasteiger partial charge in [-0.3, -0.25) is 4.98 Å². The van der Waals surface area contributed by atoms with E-state index in [0.717, 1.165) is 32.2 Å². The van der Waals surface area contributed by atoms with Gasteiger partial charge in [-0.25, -0.2) is 9.97 Å². The van der Waals surface area contributed by atoms with Crippen molar-refractivity contribution in [3.05, 3.63) is 45.8 Å². The van der Waals surface area contributed by atoms with E-state index < -0.39 is 0 Å². The number of nitrogen functional groups attached to an aromatic ring is 1. The quantitative estimate of drug-likeness (QED) is 0.696. The SMILES string of the molecule is CCc1nc(-c2ccnc3ccccc23)nc(N)c1I. The van der Waals surface area contributed by atoms with Gasteiger partial charge in [-0.1, -0.05) is 25.1 Å². The monoisotopic (exact) mass is 376 g/mol. The fraction of sp³-hybridized carbons (Fsp3) is 0.133. The predicted molar refractivity (Wildman–Crippen MR) is 89.3 cm³/mol. The maximum absolute atomic E-state index is 6.00. The summed E-state index contributed by atoms with van der Waals surface area (Å²) in [6.45, 7) is 2.07. The molecule has 0 atom stereocenters. The smallest absolute Gasteiger partial charge is 0.162 e. The standard InChI is InChI=1S/C15H13IN4/c1-2-11-13(16)14(17)20-15(19-11)10-7-8-18-12-6-4-3-5-9(10)12/h3-8H,2H2,1H3,(H2,17,19,20). The third kappa shape index (κ3) is 2.22. The summed E-state index contributed by atoms with van der Waals surface area (Å²) >= 11 is 2.20. The molecule has 0 spiro atoms. The lowest BCUT2D eigenvalue weighted by molar-refractivity contribution is 0.995. The first kappa shape index (κ1) is 13.2. The number of aryl methyl sites for hydroxylation is 1. The van der Waals surface area contributed by atoms with E-state index in [1.165, 1.54) is 0 Å². The number of halogens is 1. The molecule has 0 aliphatic carbocycles.